The molecular formula is C15H18N2O2. The molecule has 4 nitrogen and oxygen atoms in total. The molecule has 1 unspecified atom stereocenters. The predicted octanol–water partition coefficient (Wildman–Crippen LogP) is 1.34. The molecule has 4 heteroatoms. The summed E-state index contributed by atoms with van der Waals surface area (Å²) in [5.74, 6) is -0.186. The molecule has 1 heterocycles. The Morgan fingerprint density at radius 2 is 2.11 bits per heavy atom. The molecule has 0 aromatic heterocycles. The SMILES string of the molecule is C=CC(=O)N1CCC(C(=O)NCc2ccccc2)C1. The van der Waals surface area contributed by atoms with E-state index < -0.39 is 0 Å². The maximum absolute atomic E-state index is 12.0. The maximum Gasteiger partial charge on any atom is 0.245 e. The van der Waals surface area contributed by atoms with Crippen LogP contribution in [0.2, 0.25) is 0 Å². The molecule has 0 spiro atoms. The topological polar surface area (TPSA) is 49.4 Å². The van der Waals surface area contributed by atoms with Crippen molar-refractivity contribution in [2.24, 2.45) is 5.92 Å². The number of likely N-dealkylation sites (tertiary alicyclic amines) is 1. The van der Waals surface area contributed by atoms with Gasteiger partial charge in [-0.25, -0.2) is 0 Å². The number of carbonyl (C=O) groups excluding carboxylic acids is 2. The number of hydrogen-bond donors (Lipinski definition) is 1. The first-order chi connectivity index (χ1) is 9.20. The Morgan fingerprint density at radius 3 is 2.79 bits per heavy atom. The van der Waals surface area contributed by atoms with E-state index in [4.69, 9.17) is 0 Å². The zero-order chi connectivity index (χ0) is 13.7. The van der Waals surface area contributed by atoms with Crippen LogP contribution in [-0.4, -0.2) is 29.8 Å². The van der Waals surface area contributed by atoms with Gasteiger partial charge in [0.2, 0.25) is 11.8 Å². The molecule has 1 atom stereocenters. The number of nitrogens with one attached hydrogen (secondary N) is 1. The van der Waals surface area contributed by atoms with Gasteiger partial charge in [0.1, 0.15) is 0 Å². The molecule has 2 rings (SSSR count). The minimum absolute atomic E-state index is 0.0169. The molecule has 1 saturated heterocycles. The number of hydrogen-bond acceptors (Lipinski definition) is 2. The molecule has 1 aromatic carbocycles. The van der Waals surface area contributed by atoms with Crippen LogP contribution in [-0.2, 0) is 16.1 Å². The summed E-state index contributed by atoms with van der Waals surface area (Å²) in [5, 5.41) is 2.92. The summed E-state index contributed by atoms with van der Waals surface area (Å²) in [6.07, 6.45) is 2.02. The molecule has 0 aliphatic carbocycles. The third kappa shape index (κ3) is 3.44. The van der Waals surface area contributed by atoms with Gasteiger partial charge in [-0.15, -0.1) is 0 Å². The van der Waals surface area contributed by atoms with Crippen molar-refractivity contribution in [1.82, 2.24) is 10.2 Å². The quantitative estimate of drug-likeness (QED) is 0.828. The number of benzene rings is 1. The van der Waals surface area contributed by atoms with Crippen molar-refractivity contribution in [2.45, 2.75) is 13.0 Å². The van der Waals surface area contributed by atoms with Gasteiger partial charge in [-0.3, -0.25) is 9.59 Å². The highest BCUT2D eigenvalue weighted by Crippen LogP contribution is 2.16. The lowest BCUT2D eigenvalue weighted by molar-refractivity contribution is -0.126. The van der Waals surface area contributed by atoms with Gasteiger partial charge in [0.25, 0.3) is 0 Å². The van der Waals surface area contributed by atoms with E-state index in [1.54, 1.807) is 4.90 Å². The highest BCUT2D eigenvalue weighted by atomic mass is 16.2. The Bertz CT molecular complexity index is 470. The molecule has 19 heavy (non-hydrogen) atoms. The lowest BCUT2D eigenvalue weighted by Gasteiger charge is -2.14. The molecule has 0 radical (unpaired) electrons. The van der Waals surface area contributed by atoms with E-state index in [-0.39, 0.29) is 17.7 Å². The van der Waals surface area contributed by atoms with Crippen molar-refractivity contribution in [2.75, 3.05) is 13.1 Å². The second-order valence-corrected chi connectivity index (χ2v) is 4.68. The van der Waals surface area contributed by atoms with Crippen molar-refractivity contribution in [3.8, 4) is 0 Å². The van der Waals surface area contributed by atoms with Crippen LogP contribution in [0.3, 0.4) is 0 Å². The lowest BCUT2D eigenvalue weighted by Crippen LogP contribution is -2.33. The number of amides is 2. The lowest BCUT2D eigenvalue weighted by atomic mass is 10.1. The van der Waals surface area contributed by atoms with Crippen molar-refractivity contribution < 1.29 is 9.59 Å². The molecule has 1 N–H and O–H groups in total. The molecular weight excluding hydrogens is 240 g/mol. The molecule has 1 aliphatic heterocycles. The Balaban J connectivity index is 1.82. The highest BCUT2D eigenvalue weighted by molar-refractivity contribution is 5.88. The molecule has 0 saturated carbocycles. The normalized spacial score (nSPS) is 18.1. The second-order valence-electron chi connectivity index (χ2n) is 4.68. The van der Waals surface area contributed by atoms with E-state index in [2.05, 4.69) is 11.9 Å². The first-order valence-electron chi connectivity index (χ1n) is 6.43. The van der Waals surface area contributed by atoms with Crippen LogP contribution in [0.5, 0.6) is 0 Å². The van der Waals surface area contributed by atoms with Gasteiger partial charge < -0.3 is 10.2 Å². The van der Waals surface area contributed by atoms with Crippen LogP contribution in [0.4, 0.5) is 0 Å². The van der Waals surface area contributed by atoms with Crippen molar-refractivity contribution >= 4 is 11.8 Å². The molecule has 0 bridgehead atoms. The van der Waals surface area contributed by atoms with Gasteiger partial charge >= 0.3 is 0 Å². The predicted molar refractivity (Wildman–Crippen MR) is 73.2 cm³/mol. The molecule has 1 fully saturated rings. The third-order valence-corrected chi connectivity index (χ3v) is 3.35. The van der Waals surface area contributed by atoms with Crippen LogP contribution in [0, 0.1) is 5.92 Å². The van der Waals surface area contributed by atoms with Crippen LogP contribution in [0.1, 0.15) is 12.0 Å². The molecule has 1 aliphatic rings. The standard InChI is InChI=1S/C15H18N2O2/c1-2-14(18)17-9-8-13(11-17)15(19)16-10-12-6-4-3-5-7-12/h2-7,13H,1,8-11H2,(H,16,19). The fourth-order valence-corrected chi connectivity index (χ4v) is 2.23. The smallest absolute Gasteiger partial charge is 0.245 e. The monoisotopic (exact) mass is 258 g/mol. The van der Waals surface area contributed by atoms with E-state index in [0.717, 1.165) is 12.0 Å². The van der Waals surface area contributed by atoms with Crippen LogP contribution in [0.25, 0.3) is 0 Å². The van der Waals surface area contributed by atoms with Gasteiger partial charge in [0.05, 0.1) is 5.92 Å². The third-order valence-electron chi connectivity index (χ3n) is 3.35. The summed E-state index contributed by atoms with van der Waals surface area (Å²) in [6, 6.07) is 9.79. The first kappa shape index (κ1) is 13.3. The fraction of sp³-hybridized carbons (Fsp3) is 0.333. The van der Waals surface area contributed by atoms with Crippen molar-refractivity contribution in [1.29, 1.82) is 0 Å². The van der Waals surface area contributed by atoms with Gasteiger partial charge in [0.15, 0.2) is 0 Å². The molecule has 2 amide bonds. The number of nitrogens with zero attached hydrogens (tertiary/aromatic N) is 1. The summed E-state index contributed by atoms with van der Waals surface area (Å²) < 4.78 is 0. The number of rotatable bonds is 4. The summed E-state index contributed by atoms with van der Waals surface area (Å²) in [4.78, 5) is 25.1. The van der Waals surface area contributed by atoms with E-state index in [0.29, 0.717) is 19.6 Å². The summed E-state index contributed by atoms with van der Waals surface area (Å²) >= 11 is 0. The van der Waals surface area contributed by atoms with Gasteiger partial charge in [-0.05, 0) is 18.1 Å². The van der Waals surface area contributed by atoms with Crippen LogP contribution in [0.15, 0.2) is 43.0 Å². The Kier molecular flexibility index (Phi) is 4.34. The van der Waals surface area contributed by atoms with E-state index in [1.807, 2.05) is 30.3 Å². The van der Waals surface area contributed by atoms with Gasteiger partial charge in [-0.1, -0.05) is 36.9 Å². The van der Waals surface area contributed by atoms with E-state index in [9.17, 15) is 9.59 Å². The van der Waals surface area contributed by atoms with Crippen molar-refractivity contribution in [3.63, 3.8) is 0 Å². The van der Waals surface area contributed by atoms with Gasteiger partial charge in [0, 0.05) is 19.6 Å². The summed E-state index contributed by atoms with van der Waals surface area (Å²) in [5.41, 5.74) is 1.08. The summed E-state index contributed by atoms with van der Waals surface area (Å²) in [7, 11) is 0. The molecule has 1 aromatic rings. The number of carbonyl (C=O) groups is 2. The average Bonchev–Trinajstić information content (AvgIpc) is 2.95. The zero-order valence-corrected chi connectivity index (χ0v) is 10.8. The summed E-state index contributed by atoms with van der Waals surface area (Å²) in [6.45, 7) is 5.12. The zero-order valence-electron chi connectivity index (χ0n) is 10.8. The minimum atomic E-state index is -0.104. The maximum atomic E-state index is 12.0. The Morgan fingerprint density at radius 1 is 1.37 bits per heavy atom. The Labute approximate surface area is 113 Å². The van der Waals surface area contributed by atoms with Crippen LogP contribution >= 0.6 is 0 Å². The second kappa shape index (κ2) is 6.18. The van der Waals surface area contributed by atoms with Gasteiger partial charge in [-0.2, -0.15) is 0 Å². The Hall–Kier alpha value is -2.10. The first-order valence-corrected chi connectivity index (χ1v) is 6.43. The average molecular weight is 258 g/mol. The fourth-order valence-electron chi connectivity index (χ4n) is 2.23. The van der Waals surface area contributed by atoms with Crippen LogP contribution < -0.4 is 5.32 Å². The largest absolute Gasteiger partial charge is 0.352 e. The van der Waals surface area contributed by atoms with E-state index in [1.165, 1.54) is 6.08 Å². The van der Waals surface area contributed by atoms with E-state index >= 15 is 0 Å². The van der Waals surface area contributed by atoms with Crippen molar-refractivity contribution in [3.05, 3.63) is 48.6 Å². The molecule has 100 valence electrons. The highest BCUT2D eigenvalue weighted by Gasteiger charge is 2.29. The minimum Gasteiger partial charge on any atom is -0.352 e.